The molecule has 1 heterocycles. The van der Waals surface area contributed by atoms with Crippen LogP contribution in [0.15, 0.2) is 48.7 Å². The molecule has 2 aromatic rings. The standard InChI is InChI=1S/C15H19N3/c1-2-11-18(15-5-3-4-10-17-15)12-13-6-8-14(16)9-7-13/h3-10H,2,11-12,16H2,1H3. The molecule has 0 bridgehead atoms. The molecule has 2 rings (SSSR count). The quantitative estimate of drug-likeness (QED) is 0.818. The fraction of sp³-hybridized carbons (Fsp3) is 0.267. The van der Waals surface area contributed by atoms with Gasteiger partial charge in [-0.25, -0.2) is 4.98 Å². The average molecular weight is 241 g/mol. The van der Waals surface area contributed by atoms with E-state index in [1.165, 1.54) is 5.56 Å². The molecular formula is C15H19N3. The third kappa shape index (κ3) is 3.23. The molecule has 1 aromatic carbocycles. The molecule has 0 aliphatic carbocycles. The molecule has 0 fully saturated rings. The predicted molar refractivity (Wildman–Crippen MR) is 76.4 cm³/mol. The lowest BCUT2D eigenvalue weighted by atomic mass is 10.2. The van der Waals surface area contributed by atoms with Crippen molar-refractivity contribution in [3.8, 4) is 0 Å². The molecule has 0 aliphatic rings. The number of pyridine rings is 1. The second-order valence-corrected chi connectivity index (χ2v) is 4.35. The van der Waals surface area contributed by atoms with E-state index in [1.807, 2.05) is 36.5 Å². The number of hydrogen-bond acceptors (Lipinski definition) is 3. The number of rotatable bonds is 5. The lowest BCUT2D eigenvalue weighted by Crippen LogP contribution is -2.24. The summed E-state index contributed by atoms with van der Waals surface area (Å²) >= 11 is 0. The second-order valence-electron chi connectivity index (χ2n) is 4.35. The zero-order valence-electron chi connectivity index (χ0n) is 10.7. The van der Waals surface area contributed by atoms with Gasteiger partial charge < -0.3 is 10.6 Å². The summed E-state index contributed by atoms with van der Waals surface area (Å²) in [5.74, 6) is 1.02. The van der Waals surface area contributed by atoms with Crippen LogP contribution in [0.4, 0.5) is 11.5 Å². The van der Waals surface area contributed by atoms with E-state index < -0.39 is 0 Å². The van der Waals surface area contributed by atoms with Crippen molar-refractivity contribution in [2.24, 2.45) is 0 Å². The van der Waals surface area contributed by atoms with Crippen LogP contribution in [0.5, 0.6) is 0 Å². The van der Waals surface area contributed by atoms with Crippen LogP contribution < -0.4 is 10.6 Å². The van der Waals surface area contributed by atoms with E-state index in [9.17, 15) is 0 Å². The second kappa shape index (κ2) is 6.05. The Morgan fingerprint density at radius 2 is 1.89 bits per heavy atom. The summed E-state index contributed by atoms with van der Waals surface area (Å²) in [7, 11) is 0. The lowest BCUT2D eigenvalue weighted by Gasteiger charge is -2.23. The number of benzene rings is 1. The molecule has 0 amide bonds. The number of aromatic nitrogens is 1. The van der Waals surface area contributed by atoms with E-state index in [0.29, 0.717) is 0 Å². The van der Waals surface area contributed by atoms with Crippen molar-refractivity contribution < 1.29 is 0 Å². The molecule has 0 unspecified atom stereocenters. The summed E-state index contributed by atoms with van der Waals surface area (Å²) < 4.78 is 0. The summed E-state index contributed by atoms with van der Waals surface area (Å²) in [6.07, 6.45) is 2.94. The molecule has 2 N–H and O–H groups in total. The Labute approximate surface area is 108 Å². The van der Waals surface area contributed by atoms with E-state index in [-0.39, 0.29) is 0 Å². The highest BCUT2D eigenvalue weighted by molar-refractivity contribution is 5.42. The predicted octanol–water partition coefficient (Wildman–Crippen LogP) is 3.08. The summed E-state index contributed by atoms with van der Waals surface area (Å²) in [4.78, 5) is 6.70. The van der Waals surface area contributed by atoms with Crippen LogP contribution in [0.25, 0.3) is 0 Å². The zero-order valence-corrected chi connectivity index (χ0v) is 10.7. The summed E-state index contributed by atoms with van der Waals surface area (Å²) in [5.41, 5.74) is 7.76. The molecule has 94 valence electrons. The van der Waals surface area contributed by atoms with Gasteiger partial charge in [0.1, 0.15) is 5.82 Å². The molecule has 1 aromatic heterocycles. The highest BCUT2D eigenvalue weighted by Gasteiger charge is 2.06. The molecular weight excluding hydrogens is 222 g/mol. The van der Waals surface area contributed by atoms with Crippen LogP contribution in [-0.2, 0) is 6.54 Å². The molecule has 0 saturated carbocycles. The largest absolute Gasteiger partial charge is 0.399 e. The molecule has 0 radical (unpaired) electrons. The van der Waals surface area contributed by atoms with Gasteiger partial charge >= 0.3 is 0 Å². The van der Waals surface area contributed by atoms with Crippen LogP contribution in [-0.4, -0.2) is 11.5 Å². The first-order valence-corrected chi connectivity index (χ1v) is 6.30. The summed E-state index contributed by atoms with van der Waals surface area (Å²) in [6, 6.07) is 14.0. The number of nitrogen functional groups attached to an aromatic ring is 1. The Kier molecular flexibility index (Phi) is 4.18. The van der Waals surface area contributed by atoms with Crippen molar-refractivity contribution in [2.75, 3.05) is 17.2 Å². The van der Waals surface area contributed by atoms with Crippen LogP contribution in [0, 0.1) is 0 Å². The minimum atomic E-state index is 0.804. The first-order valence-electron chi connectivity index (χ1n) is 6.30. The van der Waals surface area contributed by atoms with Gasteiger partial charge in [-0.15, -0.1) is 0 Å². The van der Waals surface area contributed by atoms with Gasteiger partial charge in [-0.1, -0.05) is 25.1 Å². The maximum atomic E-state index is 5.70. The van der Waals surface area contributed by atoms with Gasteiger partial charge in [0.2, 0.25) is 0 Å². The van der Waals surface area contributed by atoms with Gasteiger partial charge in [0.05, 0.1) is 0 Å². The first-order chi connectivity index (χ1) is 8.79. The first kappa shape index (κ1) is 12.4. The van der Waals surface area contributed by atoms with Gasteiger partial charge in [0, 0.05) is 25.0 Å². The van der Waals surface area contributed by atoms with Gasteiger partial charge in [0.15, 0.2) is 0 Å². The average Bonchev–Trinajstić information content (AvgIpc) is 2.42. The minimum Gasteiger partial charge on any atom is -0.399 e. The van der Waals surface area contributed by atoms with Crippen LogP contribution in [0.2, 0.25) is 0 Å². The van der Waals surface area contributed by atoms with Crippen molar-refractivity contribution in [3.63, 3.8) is 0 Å². The maximum Gasteiger partial charge on any atom is 0.128 e. The fourth-order valence-corrected chi connectivity index (χ4v) is 1.93. The Morgan fingerprint density at radius 3 is 2.50 bits per heavy atom. The molecule has 3 heteroatoms. The smallest absolute Gasteiger partial charge is 0.128 e. The van der Waals surface area contributed by atoms with Crippen molar-refractivity contribution in [2.45, 2.75) is 19.9 Å². The van der Waals surface area contributed by atoms with Crippen LogP contribution in [0.1, 0.15) is 18.9 Å². The zero-order chi connectivity index (χ0) is 12.8. The van der Waals surface area contributed by atoms with E-state index in [1.54, 1.807) is 0 Å². The van der Waals surface area contributed by atoms with E-state index >= 15 is 0 Å². The molecule has 18 heavy (non-hydrogen) atoms. The van der Waals surface area contributed by atoms with E-state index in [0.717, 1.165) is 31.0 Å². The third-order valence-electron chi connectivity index (χ3n) is 2.82. The van der Waals surface area contributed by atoms with Crippen molar-refractivity contribution >= 4 is 11.5 Å². The molecule has 3 nitrogen and oxygen atoms in total. The van der Waals surface area contributed by atoms with E-state index in [2.05, 4.69) is 28.9 Å². The Hall–Kier alpha value is -2.03. The highest BCUT2D eigenvalue weighted by atomic mass is 15.2. The Bertz CT molecular complexity index is 465. The molecule has 0 atom stereocenters. The molecule has 0 saturated heterocycles. The van der Waals surface area contributed by atoms with Crippen molar-refractivity contribution in [1.82, 2.24) is 4.98 Å². The Balaban J connectivity index is 2.14. The number of nitrogens with two attached hydrogens (primary N) is 1. The molecule has 0 spiro atoms. The third-order valence-corrected chi connectivity index (χ3v) is 2.82. The summed E-state index contributed by atoms with van der Waals surface area (Å²) in [5, 5.41) is 0. The number of nitrogens with zero attached hydrogens (tertiary/aromatic N) is 2. The van der Waals surface area contributed by atoms with Crippen LogP contribution >= 0.6 is 0 Å². The SMILES string of the molecule is CCCN(Cc1ccc(N)cc1)c1ccccn1. The monoisotopic (exact) mass is 241 g/mol. The van der Waals surface area contributed by atoms with Gasteiger partial charge in [-0.3, -0.25) is 0 Å². The van der Waals surface area contributed by atoms with Crippen molar-refractivity contribution in [3.05, 3.63) is 54.2 Å². The lowest BCUT2D eigenvalue weighted by molar-refractivity contribution is 0.755. The number of anilines is 2. The normalized spacial score (nSPS) is 10.3. The summed E-state index contributed by atoms with van der Waals surface area (Å²) in [6.45, 7) is 4.05. The minimum absolute atomic E-state index is 0.804. The van der Waals surface area contributed by atoms with Gasteiger partial charge in [-0.2, -0.15) is 0 Å². The van der Waals surface area contributed by atoms with Crippen LogP contribution in [0.3, 0.4) is 0 Å². The maximum absolute atomic E-state index is 5.70. The highest BCUT2D eigenvalue weighted by Crippen LogP contribution is 2.15. The fourth-order valence-electron chi connectivity index (χ4n) is 1.93. The van der Waals surface area contributed by atoms with E-state index in [4.69, 9.17) is 5.73 Å². The van der Waals surface area contributed by atoms with Crippen molar-refractivity contribution in [1.29, 1.82) is 0 Å². The number of hydrogen-bond donors (Lipinski definition) is 1. The Morgan fingerprint density at radius 1 is 1.11 bits per heavy atom. The topological polar surface area (TPSA) is 42.1 Å². The van der Waals surface area contributed by atoms with Gasteiger partial charge in [0.25, 0.3) is 0 Å². The molecule has 0 aliphatic heterocycles. The van der Waals surface area contributed by atoms with Gasteiger partial charge in [-0.05, 0) is 36.2 Å².